The number of carboxylic acid groups (broad SMARTS) is 1. The van der Waals surface area contributed by atoms with Crippen molar-refractivity contribution in [2.45, 2.75) is 20.8 Å². The highest BCUT2D eigenvalue weighted by Gasteiger charge is 1.74. The summed E-state index contributed by atoms with van der Waals surface area (Å²) in [5, 5.41) is 23.6. The number of carbonyl (C=O) groups is 1. The van der Waals surface area contributed by atoms with Gasteiger partial charge in [-0.15, -0.1) is 0 Å². The van der Waals surface area contributed by atoms with Crippen LogP contribution < -0.4 is 0 Å². The molecule has 0 heterocycles. The van der Waals surface area contributed by atoms with Crippen molar-refractivity contribution >= 4 is 5.97 Å². The molecule has 0 saturated heterocycles. The highest BCUT2D eigenvalue weighted by atomic mass is 16.5. The van der Waals surface area contributed by atoms with Crippen molar-refractivity contribution in [3.63, 3.8) is 0 Å². The topological polar surface area (TPSA) is 96.2 Å². The Labute approximate surface area is 96.8 Å². The molecule has 0 amide bonds. The number of rotatable bonds is 6. The molecule has 6 nitrogen and oxygen atoms in total. The van der Waals surface area contributed by atoms with E-state index in [1.54, 1.807) is 0 Å². The van der Waals surface area contributed by atoms with Gasteiger partial charge in [-0.2, -0.15) is 0 Å². The molecular weight excluding hydrogens is 216 g/mol. The lowest BCUT2D eigenvalue weighted by Crippen LogP contribution is -1.96. The van der Waals surface area contributed by atoms with Gasteiger partial charge in [-0.25, -0.2) is 0 Å². The van der Waals surface area contributed by atoms with Gasteiger partial charge < -0.3 is 24.8 Å². The molecule has 0 radical (unpaired) electrons. The van der Waals surface area contributed by atoms with E-state index in [0.717, 1.165) is 6.92 Å². The van der Waals surface area contributed by atoms with E-state index in [4.69, 9.17) is 29.6 Å². The van der Waals surface area contributed by atoms with Gasteiger partial charge in [-0.3, -0.25) is 4.79 Å². The summed E-state index contributed by atoms with van der Waals surface area (Å²) in [6.07, 6.45) is 0. The smallest absolute Gasteiger partial charge is 0.300 e. The van der Waals surface area contributed by atoms with E-state index in [1.165, 1.54) is 0 Å². The second-order valence-corrected chi connectivity index (χ2v) is 2.36. The summed E-state index contributed by atoms with van der Waals surface area (Å²) in [5.41, 5.74) is 0. The Balaban J connectivity index is -0.000000162. The summed E-state index contributed by atoms with van der Waals surface area (Å²) >= 11 is 0. The first-order valence-electron chi connectivity index (χ1n) is 5.13. The molecule has 0 spiro atoms. The van der Waals surface area contributed by atoms with Crippen molar-refractivity contribution in [2.24, 2.45) is 0 Å². The minimum Gasteiger partial charge on any atom is -0.481 e. The van der Waals surface area contributed by atoms with Crippen molar-refractivity contribution in [3.05, 3.63) is 0 Å². The third kappa shape index (κ3) is 71.5. The number of ether oxygens (including phenoxy) is 2. The zero-order chi connectivity index (χ0) is 13.2. The van der Waals surface area contributed by atoms with E-state index in [1.807, 2.05) is 13.8 Å². The predicted molar refractivity (Wildman–Crippen MR) is 60.5 cm³/mol. The van der Waals surface area contributed by atoms with Crippen LogP contribution in [0.3, 0.4) is 0 Å². The van der Waals surface area contributed by atoms with Crippen LogP contribution in [-0.4, -0.2) is 60.9 Å². The molecule has 0 bridgehead atoms. The Morgan fingerprint density at radius 2 is 1.25 bits per heavy atom. The molecule has 0 rings (SSSR count). The molecular formula is C10H24O6. The number of aliphatic carboxylic acids is 1. The van der Waals surface area contributed by atoms with E-state index < -0.39 is 5.97 Å². The minimum atomic E-state index is -0.833. The number of hydrogen-bond acceptors (Lipinski definition) is 5. The molecule has 16 heavy (non-hydrogen) atoms. The quantitative estimate of drug-likeness (QED) is 0.571. The predicted octanol–water partition coefficient (Wildman–Crippen LogP) is 0.121. The standard InChI is InChI=1S/2C4H10O2.C2H4O2/c2*1-2-6-4-3-5;1-2(3)4/h2*5H,2-4H2,1H3;1H3,(H,3,4). The van der Waals surface area contributed by atoms with Crippen LogP contribution in [0.5, 0.6) is 0 Å². The third-order valence-corrected chi connectivity index (χ3v) is 0.879. The molecule has 0 aromatic carbocycles. The van der Waals surface area contributed by atoms with Crippen LogP contribution in [0.2, 0.25) is 0 Å². The molecule has 0 aromatic heterocycles. The van der Waals surface area contributed by atoms with Crippen LogP contribution in [0, 0.1) is 0 Å². The first kappa shape index (κ1) is 20.7. The molecule has 0 aliphatic rings. The van der Waals surface area contributed by atoms with Crippen LogP contribution in [-0.2, 0) is 14.3 Å². The fraction of sp³-hybridized carbons (Fsp3) is 0.900. The number of aliphatic hydroxyl groups excluding tert-OH is 2. The van der Waals surface area contributed by atoms with Crippen molar-refractivity contribution in [2.75, 3.05) is 39.6 Å². The zero-order valence-corrected chi connectivity index (χ0v) is 10.3. The number of carboxylic acids is 1. The van der Waals surface area contributed by atoms with Crippen LogP contribution in [0.15, 0.2) is 0 Å². The van der Waals surface area contributed by atoms with Gasteiger partial charge in [0.2, 0.25) is 0 Å². The van der Waals surface area contributed by atoms with Crippen molar-refractivity contribution in [3.8, 4) is 0 Å². The van der Waals surface area contributed by atoms with Gasteiger partial charge in [-0.05, 0) is 13.8 Å². The van der Waals surface area contributed by atoms with E-state index >= 15 is 0 Å². The highest BCUT2D eigenvalue weighted by molar-refractivity contribution is 5.62. The van der Waals surface area contributed by atoms with E-state index in [2.05, 4.69) is 0 Å². The van der Waals surface area contributed by atoms with E-state index in [0.29, 0.717) is 26.4 Å². The second kappa shape index (κ2) is 23.8. The molecule has 3 N–H and O–H groups in total. The van der Waals surface area contributed by atoms with Gasteiger partial charge in [-0.1, -0.05) is 0 Å². The SMILES string of the molecule is CC(=O)O.CCOCCO.CCOCCO. The molecule has 0 aliphatic carbocycles. The Kier molecular flexibility index (Phi) is 30.8. The summed E-state index contributed by atoms with van der Waals surface area (Å²) < 4.78 is 9.47. The summed E-state index contributed by atoms with van der Waals surface area (Å²) in [7, 11) is 0. The Bertz CT molecular complexity index is 97.9. The van der Waals surface area contributed by atoms with Crippen LogP contribution >= 0.6 is 0 Å². The van der Waals surface area contributed by atoms with Gasteiger partial charge in [0.05, 0.1) is 26.4 Å². The zero-order valence-electron chi connectivity index (χ0n) is 10.3. The Morgan fingerprint density at radius 1 is 1.00 bits per heavy atom. The lowest BCUT2D eigenvalue weighted by molar-refractivity contribution is -0.134. The van der Waals surface area contributed by atoms with E-state index in [-0.39, 0.29) is 13.2 Å². The minimum absolute atomic E-state index is 0.133. The Hall–Kier alpha value is -0.690. The monoisotopic (exact) mass is 240 g/mol. The van der Waals surface area contributed by atoms with Crippen molar-refractivity contribution in [1.82, 2.24) is 0 Å². The summed E-state index contributed by atoms with van der Waals surface area (Å²) in [6.45, 7) is 7.47. The first-order chi connectivity index (χ1) is 7.56. The molecule has 6 heteroatoms. The maximum absolute atomic E-state index is 9.00. The summed E-state index contributed by atoms with van der Waals surface area (Å²) in [4.78, 5) is 9.00. The van der Waals surface area contributed by atoms with Crippen molar-refractivity contribution < 1.29 is 29.6 Å². The van der Waals surface area contributed by atoms with Gasteiger partial charge in [0.15, 0.2) is 0 Å². The van der Waals surface area contributed by atoms with Gasteiger partial charge >= 0.3 is 0 Å². The third-order valence-electron chi connectivity index (χ3n) is 0.879. The average molecular weight is 240 g/mol. The van der Waals surface area contributed by atoms with Crippen molar-refractivity contribution in [1.29, 1.82) is 0 Å². The fourth-order valence-corrected chi connectivity index (χ4v) is 0.418. The normalized spacial score (nSPS) is 8.31. The lowest BCUT2D eigenvalue weighted by Gasteiger charge is -1.91. The molecule has 0 unspecified atom stereocenters. The molecule has 0 fully saturated rings. The van der Waals surface area contributed by atoms with Crippen LogP contribution in [0.4, 0.5) is 0 Å². The molecule has 100 valence electrons. The largest absolute Gasteiger partial charge is 0.481 e. The highest BCUT2D eigenvalue weighted by Crippen LogP contribution is 1.67. The lowest BCUT2D eigenvalue weighted by atomic mass is 10.8. The molecule has 0 atom stereocenters. The van der Waals surface area contributed by atoms with Gasteiger partial charge in [0.25, 0.3) is 5.97 Å². The maximum Gasteiger partial charge on any atom is 0.300 e. The average Bonchev–Trinajstić information content (AvgIpc) is 2.23. The summed E-state index contributed by atoms with van der Waals surface area (Å²) in [5.74, 6) is -0.833. The molecule has 0 saturated carbocycles. The Morgan fingerprint density at radius 3 is 1.31 bits per heavy atom. The second-order valence-electron chi connectivity index (χ2n) is 2.36. The van der Waals surface area contributed by atoms with E-state index in [9.17, 15) is 0 Å². The van der Waals surface area contributed by atoms with Gasteiger partial charge in [0.1, 0.15) is 0 Å². The van der Waals surface area contributed by atoms with Crippen LogP contribution in [0.1, 0.15) is 20.8 Å². The summed E-state index contributed by atoms with van der Waals surface area (Å²) in [6, 6.07) is 0. The number of hydrogen-bond donors (Lipinski definition) is 3. The molecule has 0 aliphatic heterocycles. The van der Waals surface area contributed by atoms with Gasteiger partial charge in [0, 0.05) is 20.1 Å². The molecule has 0 aromatic rings. The first-order valence-corrected chi connectivity index (χ1v) is 5.13. The van der Waals surface area contributed by atoms with Crippen LogP contribution in [0.25, 0.3) is 0 Å². The fourth-order valence-electron chi connectivity index (χ4n) is 0.418. The number of aliphatic hydroxyl groups is 2. The maximum atomic E-state index is 9.00.